The second kappa shape index (κ2) is 6.45. The second-order valence-electron chi connectivity index (χ2n) is 4.39. The molecule has 7 heteroatoms. The van der Waals surface area contributed by atoms with Gasteiger partial charge in [-0.05, 0) is 29.8 Å². The van der Waals surface area contributed by atoms with Gasteiger partial charge < -0.3 is 8.92 Å². The van der Waals surface area contributed by atoms with Crippen LogP contribution < -0.4 is 8.92 Å². The summed E-state index contributed by atoms with van der Waals surface area (Å²) >= 11 is 0. The van der Waals surface area contributed by atoms with E-state index in [4.69, 9.17) is 14.2 Å². The first-order chi connectivity index (χ1) is 10.4. The van der Waals surface area contributed by atoms with Gasteiger partial charge in [-0.15, -0.1) is 0 Å². The third kappa shape index (κ3) is 3.96. The Morgan fingerprint density at radius 2 is 1.82 bits per heavy atom. The molecule has 0 aliphatic rings. The Balaban J connectivity index is 2.22. The lowest BCUT2D eigenvalue weighted by atomic mass is 10.2. The van der Waals surface area contributed by atoms with Crippen LogP contribution in [0.2, 0.25) is 0 Å². The Kier molecular flexibility index (Phi) is 4.63. The molecule has 0 aliphatic carbocycles. The molecule has 0 fully saturated rings. The summed E-state index contributed by atoms with van der Waals surface area (Å²) < 4.78 is 46.9. The van der Waals surface area contributed by atoms with Gasteiger partial charge in [-0.3, -0.25) is 0 Å². The standard InChI is InChI=1S/C15H12FNO4S/c1-20-15-8-12(9-17)4-7-14(15)21-22(18,19)10-11-2-5-13(16)6-3-11/h2-8H,10H2,1H3. The van der Waals surface area contributed by atoms with Crippen molar-refractivity contribution in [2.45, 2.75) is 5.75 Å². The van der Waals surface area contributed by atoms with Crippen molar-refractivity contribution in [1.82, 2.24) is 0 Å². The molecule has 5 nitrogen and oxygen atoms in total. The predicted octanol–water partition coefficient (Wildman–Crippen LogP) is 2.61. The van der Waals surface area contributed by atoms with Crippen molar-refractivity contribution in [3.8, 4) is 17.6 Å². The van der Waals surface area contributed by atoms with Crippen LogP contribution in [0, 0.1) is 17.1 Å². The van der Waals surface area contributed by atoms with Crippen molar-refractivity contribution in [3.63, 3.8) is 0 Å². The third-order valence-corrected chi connectivity index (χ3v) is 3.89. The molecule has 0 saturated carbocycles. The van der Waals surface area contributed by atoms with Gasteiger partial charge in [0.2, 0.25) is 0 Å². The van der Waals surface area contributed by atoms with Crippen LogP contribution in [0.3, 0.4) is 0 Å². The molecule has 0 amide bonds. The van der Waals surface area contributed by atoms with Crippen LogP contribution in [-0.2, 0) is 15.9 Å². The van der Waals surface area contributed by atoms with Crippen LogP contribution in [0.15, 0.2) is 42.5 Å². The first-order valence-electron chi connectivity index (χ1n) is 6.18. The van der Waals surface area contributed by atoms with Crippen molar-refractivity contribution < 1.29 is 21.7 Å². The lowest BCUT2D eigenvalue weighted by Gasteiger charge is -2.11. The zero-order chi connectivity index (χ0) is 16.2. The highest BCUT2D eigenvalue weighted by atomic mass is 32.2. The summed E-state index contributed by atoms with van der Waals surface area (Å²) in [4.78, 5) is 0. The molecule has 114 valence electrons. The number of hydrogen-bond acceptors (Lipinski definition) is 5. The number of ether oxygens (including phenoxy) is 1. The van der Waals surface area contributed by atoms with E-state index in [0.29, 0.717) is 11.1 Å². The number of methoxy groups -OCH3 is 1. The van der Waals surface area contributed by atoms with E-state index in [9.17, 15) is 12.8 Å². The van der Waals surface area contributed by atoms with Gasteiger partial charge in [-0.25, -0.2) is 4.39 Å². The van der Waals surface area contributed by atoms with Gasteiger partial charge in [0.1, 0.15) is 11.6 Å². The summed E-state index contributed by atoms with van der Waals surface area (Å²) in [6.07, 6.45) is 0. The predicted molar refractivity (Wildman–Crippen MR) is 77.4 cm³/mol. The maximum Gasteiger partial charge on any atom is 0.313 e. The van der Waals surface area contributed by atoms with Crippen molar-refractivity contribution in [2.24, 2.45) is 0 Å². The first-order valence-corrected chi connectivity index (χ1v) is 7.76. The highest BCUT2D eigenvalue weighted by Crippen LogP contribution is 2.29. The van der Waals surface area contributed by atoms with E-state index in [1.807, 2.05) is 6.07 Å². The fourth-order valence-corrected chi connectivity index (χ4v) is 2.83. The van der Waals surface area contributed by atoms with Gasteiger partial charge in [0.25, 0.3) is 0 Å². The van der Waals surface area contributed by atoms with Crippen LogP contribution >= 0.6 is 0 Å². The number of nitriles is 1. The molecular formula is C15H12FNO4S. The molecule has 0 atom stereocenters. The lowest BCUT2D eigenvalue weighted by molar-refractivity contribution is 0.390. The van der Waals surface area contributed by atoms with Gasteiger partial charge in [0.05, 0.1) is 18.7 Å². The number of nitrogens with zero attached hydrogens (tertiary/aromatic N) is 1. The van der Waals surface area contributed by atoms with Crippen molar-refractivity contribution in [1.29, 1.82) is 5.26 Å². The summed E-state index contributed by atoms with van der Waals surface area (Å²) in [5.74, 6) is -0.725. The molecule has 2 aromatic carbocycles. The Labute approximate surface area is 127 Å². The Bertz CT molecular complexity index is 810. The summed E-state index contributed by atoms with van der Waals surface area (Å²) in [6.45, 7) is 0. The molecule has 0 radical (unpaired) electrons. The van der Waals surface area contributed by atoms with E-state index in [-0.39, 0.29) is 11.5 Å². The number of hydrogen-bond donors (Lipinski definition) is 0. The molecule has 0 bridgehead atoms. The van der Waals surface area contributed by atoms with Crippen molar-refractivity contribution in [3.05, 3.63) is 59.4 Å². The maximum absolute atomic E-state index is 12.8. The number of halogens is 1. The summed E-state index contributed by atoms with van der Waals surface area (Å²) in [5, 5.41) is 8.80. The molecule has 0 spiro atoms. The molecule has 0 unspecified atom stereocenters. The van der Waals surface area contributed by atoms with Crippen LogP contribution in [0.4, 0.5) is 4.39 Å². The SMILES string of the molecule is COc1cc(C#N)ccc1OS(=O)(=O)Cc1ccc(F)cc1. The van der Waals surface area contributed by atoms with E-state index in [0.717, 1.165) is 0 Å². The first kappa shape index (κ1) is 15.8. The average Bonchev–Trinajstić information content (AvgIpc) is 2.49. The Morgan fingerprint density at radius 3 is 2.41 bits per heavy atom. The lowest BCUT2D eigenvalue weighted by Crippen LogP contribution is -2.12. The molecule has 0 N–H and O–H groups in total. The van der Waals surface area contributed by atoms with Crippen LogP contribution in [0.25, 0.3) is 0 Å². The molecule has 2 aromatic rings. The minimum absolute atomic E-state index is 0.0105. The van der Waals surface area contributed by atoms with E-state index in [1.165, 1.54) is 49.6 Å². The second-order valence-corrected chi connectivity index (χ2v) is 5.96. The molecule has 22 heavy (non-hydrogen) atoms. The monoisotopic (exact) mass is 321 g/mol. The van der Waals surface area contributed by atoms with Crippen molar-refractivity contribution >= 4 is 10.1 Å². The zero-order valence-electron chi connectivity index (χ0n) is 11.6. The molecule has 0 heterocycles. The van der Waals surface area contributed by atoms with E-state index in [2.05, 4.69) is 0 Å². The number of benzene rings is 2. The van der Waals surface area contributed by atoms with Crippen LogP contribution in [0.1, 0.15) is 11.1 Å². The third-order valence-electron chi connectivity index (χ3n) is 2.77. The fourth-order valence-electron chi connectivity index (χ4n) is 1.76. The molecular weight excluding hydrogens is 309 g/mol. The topological polar surface area (TPSA) is 76.4 Å². The highest BCUT2D eigenvalue weighted by molar-refractivity contribution is 7.86. The van der Waals surface area contributed by atoms with Gasteiger partial charge in [0, 0.05) is 6.07 Å². The smallest absolute Gasteiger partial charge is 0.313 e. The molecule has 0 aliphatic heterocycles. The van der Waals surface area contributed by atoms with E-state index >= 15 is 0 Å². The maximum atomic E-state index is 12.8. The summed E-state index contributed by atoms with van der Waals surface area (Å²) in [6, 6.07) is 11.1. The Morgan fingerprint density at radius 1 is 1.14 bits per heavy atom. The van der Waals surface area contributed by atoms with Gasteiger partial charge in [-0.1, -0.05) is 12.1 Å². The summed E-state index contributed by atoms with van der Waals surface area (Å²) in [5.41, 5.74) is 0.717. The van der Waals surface area contributed by atoms with Crippen LogP contribution in [0.5, 0.6) is 11.5 Å². The van der Waals surface area contributed by atoms with E-state index in [1.54, 1.807) is 0 Å². The number of rotatable bonds is 5. The minimum Gasteiger partial charge on any atom is -0.493 e. The minimum atomic E-state index is -3.94. The largest absolute Gasteiger partial charge is 0.493 e. The van der Waals surface area contributed by atoms with Gasteiger partial charge in [0.15, 0.2) is 11.5 Å². The quantitative estimate of drug-likeness (QED) is 0.791. The average molecular weight is 321 g/mol. The summed E-state index contributed by atoms with van der Waals surface area (Å²) in [7, 11) is -2.59. The molecule has 0 saturated heterocycles. The normalized spacial score (nSPS) is 10.8. The van der Waals surface area contributed by atoms with Crippen LogP contribution in [-0.4, -0.2) is 15.5 Å². The van der Waals surface area contributed by atoms with Crippen molar-refractivity contribution in [2.75, 3.05) is 7.11 Å². The zero-order valence-corrected chi connectivity index (χ0v) is 12.4. The molecule has 2 rings (SSSR count). The van der Waals surface area contributed by atoms with Gasteiger partial charge in [-0.2, -0.15) is 13.7 Å². The molecule has 0 aromatic heterocycles. The highest BCUT2D eigenvalue weighted by Gasteiger charge is 2.17. The van der Waals surface area contributed by atoms with E-state index < -0.39 is 21.7 Å². The fraction of sp³-hybridized carbons (Fsp3) is 0.133. The Hall–Kier alpha value is -2.59. The van der Waals surface area contributed by atoms with Gasteiger partial charge >= 0.3 is 10.1 Å².